The third-order valence-electron chi connectivity index (χ3n) is 2.69. The van der Waals surface area contributed by atoms with Gasteiger partial charge in [0.25, 0.3) is 0 Å². The van der Waals surface area contributed by atoms with Crippen LogP contribution in [-0.4, -0.2) is 40.3 Å². The van der Waals surface area contributed by atoms with Crippen LogP contribution in [0.5, 0.6) is 0 Å². The molecule has 0 aliphatic carbocycles. The number of rotatable bonds is 6. The average molecular weight is 298 g/mol. The lowest BCUT2D eigenvalue weighted by atomic mass is 10.0. The molecule has 20 heavy (non-hydrogen) atoms. The number of hydrogen-bond acceptors (Lipinski definition) is 6. The topological polar surface area (TPSA) is 83.8 Å². The van der Waals surface area contributed by atoms with E-state index in [4.69, 9.17) is 0 Å². The molecule has 2 N–H and O–H groups in total. The van der Waals surface area contributed by atoms with Crippen LogP contribution < -0.4 is 0 Å². The van der Waals surface area contributed by atoms with Gasteiger partial charge in [0.2, 0.25) is 0 Å². The second kappa shape index (κ2) is 8.04. The summed E-state index contributed by atoms with van der Waals surface area (Å²) in [6, 6.07) is 6.74. The van der Waals surface area contributed by atoms with Gasteiger partial charge in [0, 0.05) is 12.7 Å². The summed E-state index contributed by atoms with van der Waals surface area (Å²) in [7, 11) is 1.31. The van der Waals surface area contributed by atoms with Gasteiger partial charge in [-0.05, 0) is 11.1 Å². The molecule has 0 saturated carbocycles. The minimum absolute atomic E-state index is 0.106. The van der Waals surface area contributed by atoms with E-state index in [1.165, 1.54) is 14.0 Å². The normalized spacial score (nSPS) is 13.6. The fourth-order valence-corrected chi connectivity index (χ4v) is 2.23. The number of methoxy groups -OCH3 is 1. The minimum atomic E-state index is -1.10. The number of ether oxygens (including phenoxy) is 1. The van der Waals surface area contributed by atoms with E-state index in [1.807, 2.05) is 0 Å². The van der Waals surface area contributed by atoms with Crippen LogP contribution in [0.2, 0.25) is 0 Å². The first-order chi connectivity index (χ1) is 9.43. The summed E-state index contributed by atoms with van der Waals surface area (Å²) >= 11 is 0.958. The number of aliphatic hydroxyl groups excluding tert-OH is 2. The zero-order valence-corrected chi connectivity index (χ0v) is 12.2. The predicted molar refractivity (Wildman–Crippen MR) is 76.3 cm³/mol. The number of aliphatic hydroxyl groups is 2. The van der Waals surface area contributed by atoms with E-state index in [1.54, 1.807) is 24.3 Å². The number of benzene rings is 1. The Balaban J connectivity index is 2.72. The quantitative estimate of drug-likeness (QED) is 0.765. The van der Waals surface area contributed by atoms with E-state index < -0.39 is 12.2 Å². The largest absolute Gasteiger partial charge is 0.469 e. The summed E-state index contributed by atoms with van der Waals surface area (Å²) in [4.78, 5) is 22.0. The zero-order chi connectivity index (χ0) is 15.1. The zero-order valence-electron chi connectivity index (χ0n) is 11.4. The number of thioether (sulfide) groups is 1. The number of hydrogen-bond donors (Lipinski definition) is 2. The van der Waals surface area contributed by atoms with E-state index in [0.717, 1.165) is 11.8 Å². The first-order valence-electron chi connectivity index (χ1n) is 6.09. The van der Waals surface area contributed by atoms with Gasteiger partial charge in [0.1, 0.15) is 6.10 Å². The summed E-state index contributed by atoms with van der Waals surface area (Å²) in [5.41, 5.74) is 1.20. The monoisotopic (exact) mass is 298 g/mol. The van der Waals surface area contributed by atoms with Crippen molar-refractivity contribution in [2.24, 2.45) is 0 Å². The van der Waals surface area contributed by atoms with Crippen LogP contribution in [0.1, 0.15) is 24.2 Å². The molecular weight excluding hydrogens is 280 g/mol. The van der Waals surface area contributed by atoms with Crippen LogP contribution >= 0.6 is 11.8 Å². The molecule has 0 aromatic heterocycles. The third kappa shape index (κ3) is 5.32. The van der Waals surface area contributed by atoms with E-state index in [2.05, 4.69) is 4.74 Å². The van der Waals surface area contributed by atoms with E-state index >= 15 is 0 Å². The number of carbonyl (C=O) groups excluding carboxylic acids is 2. The smallest absolute Gasteiger partial charge is 0.309 e. The minimum Gasteiger partial charge on any atom is -0.469 e. The molecule has 0 heterocycles. The lowest BCUT2D eigenvalue weighted by molar-refractivity contribution is -0.139. The van der Waals surface area contributed by atoms with Gasteiger partial charge < -0.3 is 14.9 Å². The van der Waals surface area contributed by atoms with Gasteiger partial charge in [0.05, 0.1) is 19.6 Å². The van der Waals surface area contributed by atoms with Crippen molar-refractivity contribution in [1.29, 1.82) is 0 Å². The Labute approximate surface area is 121 Å². The maximum Gasteiger partial charge on any atom is 0.309 e. The Kier molecular flexibility index (Phi) is 6.70. The standard InChI is InChI=1S/C14H18O5S/c1-9(15)20-8-12(16)14(18)11-5-3-4-10(6-11)7-13(17)19-2/h3-6,12,14,16,18H,7-8H2,1-2H3. The van der Waals surface area contributed by atoms with Crippen molar-refractivity contribution >= 4 is 22.8 Å². The molecule has 6 heteroatoms. The van der Waals surface area contributed by atoms with E-state index in [9.17, 15) is 19.8 Å². The molecule has 1 rings (SSSR count). The highest BCUT2D eigenvalue weighted by Gasteiger charge is 2.19. The van der Waals surface area contributed by atoms with Crippen molar-refractivity contribution in [1.82, 2.24) is 0 Å². The maximum absolute atomic E-state index is 11.2. The fraction of sp³-hybridized carbons (Fsp3) is 0.429. The third-order valence-corrected chi connectivity index (χ3v) is 3.61. The highest BCUT2D eigenvalue weighted by Crippen LogP contribution is 2.21. The highest BCUT2D eigenvalue weighted by atomic mass is 32.2. The maximum atomic E-state index is 11.2. The summed E-state index contributed by atoms with van der Waals surface area (Å²) < 4.78 is 4.58. The summed E-state index contributed by atoms with van der Waals surface area (Å²) in [5.74, 6) is -0.248. The van der Waals surface area contributed by atoms with Crippen molar-refractivity contribution in [3.63, 3.8) is 0 Å². The molecule has 1 aromatic carbocycles. The van der Waals surface area contributed by atoms with Crippen molar-refractivity contribution in [2.45, 2.75) is 25.6 Å². The Morgan fingerprint density at radius 3 is 2.65 bits per heavy atom. The summed E-state index contributed by atoms with van der Waals surface area (Å²) in [6.07, 6.45) is -2.04. The molecule has 0 bridgehead atoms. The first-order valence-corrected chi connectivity index (χ1v) is 7.07. The Bertz CT molecular complexity index is 474. The summed E-state index contributed by atoms with van der Waals surface area (Å²) in [6.45, 7) is 1.40. The van der Waals surface area contributed by atoms with Gasteiger partial charge in [-0.2, -0.15) is 0 Å². The van der Waals surface area contributed by atoms with Crippen LogP contribution in [0, 0.1) is 0 Å². The molecule has 0 radical (unpaired) electrons. The molecule has 0 aliphatic rings. The van der Waals surface area contributed by atoms with Crippen LogP contribution in [0.25, 0.3) is 0 Å². The average Bonchev–Trinajstić information content (AvgIpc) is 2.44. The predicted octanol–water partition coefficient (Wildman–Crippen LogP) is 1.08. The molecule has 2 atom stereocenters. The van der Waals surface area contributed by atoms with Crippen molar-refractivity contribution in [3.8, 4) is 0 Å². The molecule has 2 unspecified atom stereocenters. The first kappa shape index (κ1) is 16.7. The molecule has 0 aliphatic heterocycles. The molecule has 0 fully saturated rings. The van der Waals surface area contributed by atoms with Gasteiger partial charge in [-0.25, -0.2) is 0 Å². The van der Waals surface area contributed by atoms with E-state index in [-0.39, 0.29) is 23.3 Å². The molecule has 0 spiro atoms. The lowest BCUT2D eigenvalue weighted by Gasteiger charge is -2.18. The van der Waals surface area contributed by atoms with Crippen molar-refractivity contribution in [3.05, 3.63) is 35.4 Å². The lowest BCUT2D eigenvalue weighted by Crippen LogP contribution is -2.21. The second-order valence-electron chi connectivity index (χ2n) is 4.31. The van der Waals surface area contributed by atoms with Crippen molar-refractivity contribution < 1.29 is 24.5 Å². The number of carbonyl (C=O) groups is 2. The van der Waals surface area contributed by atoms with E-state index in [0.29, 0.717) is 11.1 Å². The molecule has 0 amide bonds. The van der Waals surface area contributed by atoms with Gasteiger partial charge in [-0.1, -0.05) is 36.0 Å². The Morgan fingerprint density at radius 2 is 2.05 bits per heavy atom. The highest BCUT2D eigenvalue weighted by molar-refractivity contribution is 8.13. The molecular formula is C14H18O5S. The molecule has 110 valence electrons. The van der Waals surface area contributed by atoms with Crippen LogP contribution in [0.15, 0.2) is 24.3 Å². The SMILES string of the molecule is COC(=O)Cc1cccc(C(O)C(O)CSC(C)=O)c1. The number of esters is 1. The van der Waals surface area contributed by atoms with Gasteiger partial charge in [-0.15, -0.1) is 0 Å². The van der Waals surface area contributed by atoms with Crippen molar-refractivity contribution in [2.75, 3.05) is 12.9 Å². The van der Waals surface area contributed by atoms with Crippen LogP contribution in [0.3, 0.4) is 0 Å². The molecule has 1 aromatic rings. The molecule has 5 nitrogen and oxygen atoms in total. The van der Waals surface area contributed by atoms with Gasteiger partial charge in [-0.3, -0.25) is 9.59 Å². The van der Waals surface area contributed by atoms with Crippen LogP contribution in [-0.2, 0) is 20.7 Å². The van der Waals surface area contributed by atoms with Crippen LogP contribution in [0.4, 0.5) is 0 Å². The Hall–Kier alpha value is -1.37. The fourth-order valence-electron chi connectivity index (χ4n) is 1.64. The molecule has 0 saturated heterocycles. The van der Waals surface area contributed by atoms with Gasteiger partial charge >= 0.3 is 5.97 Å². The van der Waals surface area contributed by atoms with Gasteiger partial charge in [0.15, 0.2) is 5.12 Å². The second-order valence-corrected chi connectivity index (χ2v) is 5.51. The summed E-state index contributed by atoms with van der Waals surface area (Å²) in [5, 5.41) is 19.7. The Morgan fingerprint density at radius 1 is 1.35 bits per heavy atom.